The van der Waals surface area contributed by atoms with Gasteiger partial charge in [-0.2, -0.15) is 19.0 Å². The average molecular weight is 435 g/mol. The normalized spacial score (nSPS) is 14.2. The summed E-state index contributed by atoms with van der Waals surface area (Å²) in [6, 6.07) is 5.24. The highest BCUT2D eigenvalue weighted by atomic mass is 35.5. The Morgan fingerprint density at radius 1 is 1.33 bits per heavy atom. The smallest absolute Gasteiger partial charge is 0.292 e. The van der Waals surface area contributed by atoms with Crippen LogP contribution in [0, 0.1) is 5.92 Å². The number of carbonyl (C=O) groups excluding carboxylic acids is 1. The van der Waals surface area contributed by atoms with Gasteiger partial charge in [0.2, 0.25) is 0 Å². The van der Waals surface area contributed by atoms with Gasteiger partial charge in [0, 0.05) is 37.7 Å². The molecule has 0 bridgehead atoms. The highest BCUT2D eigenvalue weighted by molar-refractivity contribution is 6.34. The van der Waals surface area contributed by atoms with Crippen molar-refractivity contribution in [1.29, 1.82) is 0 Å². The number of methoxy groups -OCH3 is 1. The molecule has 0 saturated heterocycles. The number of benzene rings is 1. The summed E-state index contributed by atoms with van der Waals surface area (Å²) in [5.74, 6) is -2.44. The number of aromatic nitrogens is 4. The lowest BCUT2D eigenvalue weighted by atomic mass is 10.0. The Bertz CT molecular complexity index is 1110. The molecular formula is C21H21ClF2N4O2. The molecule has 1 aliphatic rings. The van der Waals surface area contributed by atoms with E-state index in [1.165, 1.54) is 16.5 Å². The van der Waals surface area contributed by atoms with E-state index in [9.17, 15) is 13.6 Å². The molecule has 1 aliphatic carbocycles. The summed E-state index contributed by atoms with van der Waals surface area (Å²) >= 11 is 6.25. The van der Waals surface area contributed by atoms with Crippen LogP contribution in [-0.2, 0) is 13.0 Å². The number of hydrogen-bond acceptors (Lipinski definition) is 4. The zero-order valence-electron chi connectivity index (χ0n) is 16.8. The van der Waals surface area contributed by atoms with Crippen LogP contribution < -0.4 is 4.74 Å². The Hall–Kier alpha value is -2.74. The van der Waals surface area contributed by atoms with E-state index in [1.807, 2.05) is 0 Å². The molecule has 9 heteroatoms. The molecule has 158 valence electrons. The van der Waals surface area contributed by atoms with E-state index in [2.05, 4.69) is 10.2 Å². The Labute approximate surface area is 177 Å². The minimum Gasteiger partial charge on any atom is -0.491 e. The number of Topliss-reactive ketones (excluding diaryl/α,β-unsaturated/α-hetero) is 1. The van der Waals surface area contributed by atoms with Crippen LogP contribution >= 0.6 is 11.6 Å². The van der Waals surface area contributed by atoms with Crippen molar-refractivity contribution in [3.63, 3.8) is 0 Å². The zero-order chi connectivity index (χ0) is 21.6. The number of ether oxygens (including phenoxy) is 1. The molecule has 0 N–H and O–H groups in total. The molecule has 0 unspecified atom stereocenters. The maximum atomic E-state index is 13.9. The van der Waals surface area contributed by atoms with E-state index in [4.69, 9.17) is 16.3 Å². The molecule has 1 aromatic carbocycles. The fourth-order valence-corrected chi connectivity index (χ4v) is 3.65. The van der Waals surface area contributed by atoms with Crippen LogP contribution in [0.1, 0.15) is 42.2 Å². The van der Waals surface area contributed by atoms with Crippen molar-refractivity contribution < 1.29 is 18.3 Å². The van der Waals surface area contributed by atoms with Crippen LogP contribution in [0.15, 0.2) is 30.6 Å². The van der Waals surface area contributed by atoms with E-state index >= 15 is 0 Å². The van der Waals surface area contributed by atoms with Gasteiger partial charge in [0.15, 0.2) is 23.0 Å². The second-order valence-corrected chi connectivity index (χ2v) is 8.06. The lowest BCUT2D eigenvalue weighted by Gasteiger charge is -2.09. The van der Waals surface area contributed by atoms with Crippen molar-refractivity contribution in [2.24, 2.45) is 13.0 Å². The van der Waals surface area contributed by atoms with Gasteiger partial charge in [0.05, 0.1) is 18.3 Å². The van der Waals surface area contributed by atoms with Gasteiger partial charge in [-0.15, -0.1) is 0 Å². The highest BCUT2D eigenvalue weighted by Crippen LogP contribution is 2.38. The summed E-state index contributed by atoms with van der Waals surface area (Å²) in [5.41, 5.74) is 1.49. The predicted octanol–water partition coefficient (Wildman–Crippen LogP) is 5.03. The summed E-state index contributed by atoms with van der Waals surface area (Å²) in [6.07, 6.45) is 5.94. The van der Waals surface area contributed by atoms with Crippen LogP contribution in [0.25, 0.3) is 16.9 Å². The van der Waals surface area contributed by atoms with Gasteiger partial charge in [0.1, 0.15) is 0 Å². The van der Waals surface area contributed by atoms with Gasteiger partial charge < -0.3 is 4.74 Å². The molecular weight excluding hydrogens is 414 g/mol. The largest absolute Gasteiger partial charge is 0.491 e. The van der Waals surface area contributed by atoms with E-state index in [0.29, 0.717) is 28.5 Å². The van der Waals surface area contributed by atoms with Crippen molar-refractivity contribution in [2.75, 3.05) is 7.11 Å². The van der Waals surface area contributed by atoms with Crippen LogP contribution in [0.3, 0.4) is 0 Å². The molecule has 1 fully saturated rings. The van der Waals surface area contributed by atoms with Crippen molar-refractivity contribution in [3.8, 4) is 22.7 Å². The highest BCUT2D eigenvalue weighted by Gasteiger charge is 2.35. The Morgan fingerprint density at radius 3 is 2.70 bits per heavy atom. The Kier molecular flexibility index (Phi) is 5.13. The number of carbonyl (C=O) groups is 1. The first-order valence-electron chi connectivity index (χ1n) is 9.56. The second-order valence-electron chi connectivity index (χ2n) is 7.66. The molecule has 4 rings (SSSR count). The van der Waals surface area contributed by atoms with Crippen molar-refractivity contribution in [2.45, 2.75) is 32.1 Å². The number of rotatable bonds is 7. The number of aryl methyl sites for hydroxylation is 1. The summed E-state index contributed by atoms with van der Waals surface area (Å²) < 4.78 is 35.8. The monoisotopic (exact) mass is 434 g/mol. The van der Waals surface area contributed by atoms with Gasteiger partial charge in [-0.25, -0.2) is 9.36 Å². The lowest BCUT2D eigenvalue weighted by molar-refractivity contribution is 0.00992. The quantitative estimate of drug-likeness (QED) is 0.489. The molecule has 6 nitrogen and oxygen atoms in total. The van der Waals surface area contributed by atoms with Crippen LogP contribution in [0.5, 0.6) is 5.75 Å². The fourth-order valence-electron chi connectivity index (χ4n) is 3.42. The third kappa shape index (κ3) is 3.84. The third-order valence-electron chi connectivity index (χ3n) is 5.17. The number of nitrogens with zero attached hydrogens (tertiary/aromatic N) is 4. The maximum absolute atomic E-state index is 13.9. The number of alkyl halides is 2. The van der Waals surface area contributed by atoms with E-state index in [0.717, 1.165) is 25.3 Å². The van der Waals surface area contributed by atoms with Gasteiger partial charge in [0.25, 0.3) is 5.92 Å². The third-order valence-corrected chi connectivity index (χ3v) is 5.49. The Morgan fingerprint density at radius 2 is 2.07 bits per heavy atom. The van der Waals surface area contributed by atoms with Crippen LogP contribution in [0.2, 0.25) is 5.02 Å². The maximum Gasteiger partial charge on any atom is 0.292 e. The molecule has 0 spiro atoms. The SMILES string of the molecule is COc1c(C(C)(F)F)nn(C)c1-n1cc(-c2ccc(Cl)c(C(=O)CC3CC3)c2)cn1. The zero-order valence-corrected chi connectivity index (χ0v) is 17.6. The van der Waals surface area contributed by atoms with Crippen molar-refractivity contribution >= 4 is 17.4 Å². The first kappa shape index (κ1) is 20.5. The summed E-state index contributed by atoms with van der Waals surface area (Å²) in [7, 11) is 2.86. The molecule has 1 saturated carbocycles. The number of ketones is 1. The average Bonchev–Trinajstić information content (AvgIpc) is 3.23. The molecule has 2 heterocycles. The molecule has 0 amide bonds. The van der Waals surface area contributed by atoms with Crippen LogP contribution in [0.4, 0.5) is 8.78 Å². The molecule has 3 aromatic rings. The van der Waals surface area contributed by atoms with Crippen molar-refractivity contribution in [3.05, 3.63) is 46.9 Å². The van der Waals surface area contributed by atoms with Crippen LogP contribution in [-0.4, -0.2) is 32.5 Å². The molecule has 0 atom stereocenters. The Balaban J connectivity index is 1.70. The predicted molar refractivity (Wildman–Crippen MR) is 109 cm³/mol. The molecule has 0 aliphatic heterocycles. The van der Waals surface area contributed by atoms with Gasteiger partial charge in [-0.1, -0.05) is 17.7 Å². The molecule has 30 heavy (non-hydrogen) atoms. The first-order valence-corrected chi connectivity index (χ1v) is 9.94. The van der Waals surface area contributed by atoms with Gasteiger partial charge >= 0.3 is 0 Å². The minimum atomic E-state index is -3.16. The summed E-state index contributed by atoms with van der Waals surface area (Å²) in [5, 5.41) is 8.62. The van der Waals surface area contributed by atoms with E-state index in [1.54, 1.807) is 37.6 Å². The molecule has 0 radical (unpaired) electrons. The lowest BCUT2D eigenvalue weighted by Crippen LogP contribution is -2.10. The van der Waals surface area contributed by atoms with E-state index in [-0.39, 0.29) is 17.4 Å². The fraction of sp³-hybridized carbons (Fsp3) is 0.381. The number of hydrogen-bond donors (Lipinski definition) is 0. The summed E-state index contributed by atoms with van der Waals surface area (Å²) in [4.78, 5) is 12.5. The van der Waals surface area contributed by atoms with Gasteiger partial charge in [-0.3, -0.25) is 4.79 Å². The molecule has 2 aromatic heterocycles. The topological polar surface area (TPSA) is 61.9 Å². The summed E-state index contributed by atoms with van der Waals surface area (Å²) in [6.45, 7) is 0.768. The first-order chi connectivity index (χ1) is 14.2. The van der Waals surface area contributed by atoms with Crippen molar-refractivity contribution in [1.82, 2.24) is 19.6 Å². The standard InChI is InChI=1S/C21H21ClF2N4O2/c1-21(23,24)19-18(30-3)20(27(2)26-19)28-11-14(10-25-28)13-6-7-16(22)15(9-13)17(29)8-12-4-5-12/h6-7,9-12H,4-5,8H2,1-3H3. The number of halogens is 3. The van der Waals surface area contributed by atoms with Gasteiger partial charge in [-0.05, 0) is 36.5 Å². The second kappa shape index (κ2) is 7.50. The minimum absolute atomic E-state index is 0.0277. The van der Waals surface area contributed by atoms with E-state index < -0.39 is 11.6 Å².